The molecule has 0 aliphatic heterocycles. The van der Waals surface area contributed by atoms with Gasteiger partial charge >= 0.3 is 12.3 Å². The van der Waals surface area contributed by atoms with Crippen molar-refractivity contribution in [2.45, 2.75) is 6.18 Å². The smallest absolute Gasteiger partial charge is 0.422 e. The van der Waals surface area contributed by atoms with Crippen LogP contribution in [0.5, 0.6) is 5.75 Å². The van der Waals surface area contributed by atoms with Gasteiger partial charge in [0, 0.05) is 0 Å². The summed E-state index contributed by atoms with van der Waals surface area (Å²) >= 11 is 0. The summed E-state index contributed by atoms with van der Waals surface area (Å²) in [6.45, 7) is -1.39. The highest BCUT2D eigenvalue weighted by molar-refractivity contribution is 5.67. The minimum Gasteiger partial charge on any atom is -0.492 e. The first kappa shape index (κ1) is 14.1. The maximum atomic E-state index is 11.7. The first-order valence-corrected chi connectivity index (χ1v) is 5.12. The molecule has 0 aliphatic rings. The zero-order valence-electron chi connectivity index (χ0n) is 9.37. The molecule has 1 aromatic carbocycles. The summed E-state index contributed by atoms with van der Waals surface area (Å²) in [5.41, 5.74) is 0. The Labute approximate surface area is 102 Å². The normalized spacial score (nSPS) is 10.8. The van der Waals surface area contributed by atoms with Crippen LogP contribution in [0, 0.1) is 0 Å². The highest BCUT2D eigenvalue weighted by Gasteiger charge is 2.29. The molecule has 0 aliphatic carbocycles. The third-order valence-corrected chi connectivity index (χ3v) is 1.75. The van der Waals surface area contributed by atoms with E-state index in [0.717, 1.165) is 0 Å². The van der Waals surface area contributed by atoms with Crippen molar-refractivity contribution < 1.29 is 27.4 Å². The molecule has 18 heavy (non-hydrogen) atoms. The summed E-state index contributed by atoms with van der Waals surface area (Å²) in [4.78, 5) is 10.8. The Hall–Kier alpha value is -1.92. The minimum atomic E-state index is -4.52. The predicted octanol–water partition coefficient (Wildman–Crippen LogP) is 2.35. The maximum Gasteiger partial charge on any atom is 0.422 e. The lowest BCUT2D eigenvalue weighted by Gasteiger charge is -2.09. The number of halogens is 3. The topological polar surface area (TPSA) is 47.6 Å². The van der Waals surface area contributed by atoms with Crippen molar-refractivity contribution in [3.63, 3.8) is 0 Å². The number of para-hydroxylation sites is 1. The zero-order chi connectivity index (χ0) is 13.4. The van der Waals surface area contributed by atoms with Gasteiger partial charge in [0.25, 0.3) is 0 Å². The van der Waals surface area contributed by atoms with E-state index >= 15 is 0 Å². The third-order valence-electron chi connectivity index (χ3n) is 1.75. The fraction of sp³-hybridized carbons (Fsp3) is 0.364. The first-order chi connectivity index (χ1) is 8.47. The lowest BCUT2D eigenvalue weighted by molar-refractivity contribution is -0.160. The molecule has 1 amide bonds. The van der Waals surface area contributed by atoms with E-state index in [2.05, 4.69) is 10.1 Å². The average Bonchev–Trinajstić information content (AvgIpc) is 2.33. The number of amides is 1. The number of nitrogens with one attached hydrogen (secondary N) is 1. The van der Waals surface area contributed by atoms with Gasteiger partial charge in [-0.2, -0.15) is 13.2 Å². The molecule has 1 N–H and O–H groups in total. The predicted molar refractivity (Wildman–Crippen MR) is 57.3 cm³/mol. The van der Waals surface area contributed by atoms with Crippen LogP contribution >= 0.6 is 0 Å². The van der Waals surface area contributed by atoms with Crippen molar-refractivity contribution in [1.82, 2.24) is 5.32 Å². The number of carbonyl (C=O) groups is 1. The van der Waals surface area contributed by atoms with Gasteiger partial charge in [-0.25, -0.2) is 4.79 Å². The van der Waals surface area contributed by atoms with Crippen LogP contribution in [-0.4, -0.2) is 32.0 Å². The standard InChI is InChI=1S/C11H12F3NO3/c12-11(13,14)8-18-10(16)15-6-7-17-9-4-2-1-3-5-9/h1-5H,6-8H2,(H,15,16). The van der Waals surface area contributed by atoms with Gasteiger partial charge in [-0.3, -0.25) is 0 Å². The summed E-state index contributed by atoms with van der Waals surface area (Å²) in [6, 6.07) is 8.82. The van der Waals surface area contributed by atoms with Gasteiger partial charge in [-0.05, 0) is 12.1 Å². The molecule has 0 saturated carbocycles. The van der Waals surface area contributed by atoms with Crippen LogP contribution in [0.4, 0.5) is 18.0 Å². The number of alkyl halides is 3. The lowest BCUT2D eigenvalue weighted by Crippen LogP contribution is -2.31. The molecule has 0 atom stereocenters. The molecule has 0 saturated heterocycles. The molecule has 0 radical (unpaired) electrons. The number of rotatable bonds is 5. The molecule has 0 bridgehead atoms. The van der Waals surface area contributed by atoms with E-state index in [1.165, 1.54) is 0 Å². The highest BCUT2D eigenvalue weighted by Crippen LogP contribution is 2.14. The Balaban J connectivity index is 2.09. The van der Waals surface area contributed by atoms with E-state index in [4.69, 9.17) is 4.74 Å². The second-order valence-electron chi connectivity index (χ2n) is 3.28. The van der Waals surface area contributed by atoms with Crippen LogP contribution in [0.3, 0.4) is 0 Å². The number of alkyl carbamates (subject to hydrolysis) is 1. The van der Waals surface area contributed by atoms with Crippen LogP contribution in [0.1, 0.15) is 0 Å². The molecule has 7 heteroatoms. The molecule has 100 valence electrons. The molecule has 0 unspecified atom stereocenters. The Kier molecular flexibility index (Phi) is 5.29. The molecule has 0 fully saturated rings. The van der Waals surface area contributed by atoms with Gasteiger partial charge in [-0.1, -0.05) is 18.2 Å². The Bertz CT molecular complexity index is 368. The first-order valence-electron chi connectivity index (χ1n) is 5.12. The largest absolute Gasteiger partial charge is 0.492 e. The Morgan fingerprint density at radius 1 is 1.22 bits per heavy atom. The van der Waals surface area contributed by atoms with Gasteiger partial charge in [0.1, 0.15) is 12.4 Å². The SMILES string of the molecule is O=C(NCCOc1ccccc1)OCC(F)(F)F. The van der Waals surface area contributed by atoms with Gasteiger partial charge in [0.15, 0.2) is 6.61 Å². The van der Waals surface area contributed by atoms with E-state index in [1.54, 1.807) is 24.3 Å². The van der Waals surface area contributed by atoms with E-state index < -0.39 is 18.9 Å². The summed E-state index contributed by atoms with van der Waals surface area (Å²) in [5.74, 6) is 0.614. The van der Waals surface area contributed by atoms with Crippen LogP contribution < -0.4 is 10.1 Å². The van der Waals surface area contributed by atoms with Gasteiger partial charge in [0.2, 0.25) is 0 Å². The number of hydrogen-bond donors (Lipinski definition) is 1. The van der Waals surface area contributed by atoms with Gasteiger partial charge < -0.3 is 14.8 Å². The third kappa shape index (κ3) is 6.62. The number of hydrogen-bond acceptors (Lipinski definition) is 3. The van der Waals surface area contributed by atoms with Crippen molar-refractivity contribution in [3.8, 4) is 5.75 Å². The molecular formula is C11H12F3NO3. The summed E-state index contributed by atoms with van der Waals surface area (Å²) in [7, 11) is 0. The van der Waals surface area contributed by atoms with Crippen molar-refractivity contribution in [2.24, 2.45) is 0 Å². The van der Waals surface area contributed by atoms with Crippen molar-refractivity contribution in [3.05, 3.63) is 30.3 Å². The van der Waals surface area contributed by atoms with E-state index in [-0.39, 0.29) is 13.2 Å². The molecule has 4 nitrogen and oxygen atoms in total. The summed E-state index contributed by atoms with van der Waals surface area (Å²) in [6.07, 6.45) is -5.64. The molecule has 0 spiro atoms. The quantitative estimate of drug-likeness (QED) is 0.829. The fourth-order valence-electron chi connectivity index (χ4n) is 1.04. The molecule has 1 rings (SSSR count). The molecule has 0 aromatic heterocycles. The molecular weight excluding hydrogens is 251 g/mol. The molecule has 0 heterocycles. The van der Waals surface area contributed by atoms with E-state index in [9.17, 15) is 18.0 Å². The van der Waals surface area contributed by atoms with Gasteiger partial charge in [-0.15, -0.1) is 0 Å². The second kappa shape index (κ2) is 6.73. The summed E-state index contributed by atoms with van der Waals surface area (Å²) < 4.78 is 44.2. The number of benzene rings is 1. The van der Waals surface area contributed by atoms with Gasteiger partial charge in [0.05, 0.1) is 6.54 Å². The molecule has 1 aromatic rings. The van der Waals surface area contributed by atoms with Crippen molar-refractivity contribution in [2.75, 3.05) is 19.8 Å². The maximum absolute atomic E-state index is 11.7. The van der Waals surface area contributed by atoms with Crippen LogP contribution in [0.15, 0.2) is 30.3 Å². The monoisotopic (exact) mass is 263 g/mol. The average molecular weight is 263 g/mol. The Morgan fingerprint density at radius 3 is 2.50 bits per heavy atom. The minimum absolute atomic E-state index is 0.0611. The zero-order valence-corrected chi connectivity index (χ0v) is 9.37. The van der Waals surface area contributed by atoms with Crippen molar-refractivity contribution >= 4 is 6.09 Å². The highest BCUT2D eigenvalue weighted by atomic mass is 19.4. The fourth-order valence-corrected chi connectivity index (χ4v) is 1.04. The van der Waals surface area contributed by atoms with Crippen LogP contribution in [0.25, 0.3) is 0 Å². The Morgan fingerprint density at radius 2 is 1.89 bits per heavy atom. The van der Waals surface area contributed by atoms with E-state index in [1.807, 2.05) is 6.07 Å². The number of carbonyl (C=O) groups excluding carboxylic acids is 1. The lowest BCUT2D eigenvalue weighted by atomic mass is 10.3. The van der Waals surface area contributed by atoms with Crippen LogP contribution in [-0.2, 0) is 4.74 Å². The second-order valence-corrected chi connectivity index (χ2v) is 3.28. The number of ether oxygens (including phenoxy) is 2. The summed E-state index contributed by atoms with van der Waals surface area (Å²) in [5, 5.41) is 2.14. The van der Waals surface area contributed by atoms with Crippen LogP contribution in [0.2, 0.25) is 0 Å². The van der Waals surface area contributed by atoms with Crippen molar-refractivity contribution in [1.29, 1.82) is 0 Å². The van der Waals surface area contributed by atoms with E-state index in [0.29, 0.717) is 5.75 Å².